The Kier molecular flexibility index (Phi) is 11.5. The Morgan fingerprint density at radius 1 is 0.933 bits per heavy atom. The number of pyridine rings is 1. The molecule has 0 aliphatic heterocycles. The van der Waals surface area contributed by atoms with Crippen LogP contribution in [-0.2, 0) is 19.3 Å². The molecule has 3 amide bonds. The van der Waals surface area contributed by atoms with Crippen LogP contribution in [0, 0.1) is 0 Å². The number of nitrogens with zero attached hydrogens (tertiary/aromatic N) is 1. The number of carbonyl (C=O) groups excluding carboxylic acids is 4. The number of hydrogen-bond acceptors (Lipinski definition) is 10. The second-order valence-electron chi connectivity index (χ2n) is 10.6. The van der Waals surface area contributed by atoms with E-state index in [9.17, 15) is 27.6 Å². The van der Waals surface area contributed by atoms with Crippen LogP contribution >= 0.6 is 11.6 Å². The molecule has 0 radical (unpaired) electrons. The van der Waals surface area contributed by atoms with E-state index in [2.05, 4.69) is 20.9 Å². The first-order valence-corrected chi connectivity index (χ1v) is 15.7. The Bertz CT molecular complexity index is 1690. The fourth-order valence-corrected chi connectivity index (χ4v) is 4.46. The first-order chi connectivity index (χ1) is 21.1. The predicted octanol–water partition coefficient (Wildman–Crippen LogP) is 4.72. The van der Waals surface area contributed by atoms with E-state index in [0.29, 0.717) is 11.4 Å². The predicted molar refractivity (Wildman–Crippen MR) is 167 cm³/mol. The van der Waals surface area contributed by atoms with Gasteiger partial charge in [-0.25, -0.2) is 23.0 Å². The van der Waals surface area contributed by atoms with Gasteiger partial charge in [0.15, 0.2) is 9.84 Å². The maximum atomic E-state index is 13.5. The van der Waals surface area contributed by atoms with Crippen LogP contribution in [0.1, 0.15) is 58.3 Å². The molecule has 15 heteroatoms. The average Bonchev–Trinajstić information content (AvgIpc) is 2.96. The molecule has 0 aliphatic rings. The van der Waals surface area contributed by atoms with E-state index in [1.54, 1.807) is 20.8 Å². The van der Waals surface area contributed by atoms with Crippen LogP contribution in [0.4, 0.5) is 16.3 Å². The molecule has 240 valence electrons. The number of benzene rings is 2. The second-order valence-corrected chi connectivity index (χ2v) is 13.0. The Hall–Kier alpha value is -4.69. The fourth-order valence-electron chi connectivity index (χ4n) is 3.71. The summed E-state index contributed by atoms with van der Waals surface area (Å²) >= 11 is 5.86. The number of anilines is 2. The molecule has 2 aromatic carbocycles. The number of rotatable bonds is 11. The Balaban J connectivity index is 1.86. The number of esters is 1. The van der Waals surface area contributed by atoms with Gasteiger partial charge >= 0.3 is 12.1 Å². The number of amides is 3. The minimum atomic E-state index is -3.66. The van der Waals surface area contributed by atoms with E-state index in [4.69, 9.17) is 25.8 Å². The smallest absolute Gasteiger partial charge is 0.407 e. The van der Waals surface area contributed by atoms with Gasteiger partial charge in [-0.1, -0.05) is 11.6 Å². The SMILES string of the molecule is COC(=O)c1ccc(C(=O)Nc2ccc(Cl)cn2)c(NC(=O)c2ccc(S(C)(=O)=O)cc2OCCCNC(=O)OC(C)(C)C)c1. The average molecular weight is 661 g/mol. The van der Waals surface area contributed by atoms with Crippen molar-refractivity contribution in [1.29, 1.82) is 0 Å². The van der Waals surface area contributed by atoms with Gasteiger partial charge in [0, 0.05) is 19.0 Å². The molecule has 0 fully saturated rings. The summed E-state index contributed by atoms with van der Waals surface area (Å²) in [6, 6.07) is 10.7. The van der Waals surface area contributed by atoms with Crippen molar-refractivity contribution in [3.63, 3.8) is 0 Å². The maximum Gasteiger partial charge on any atom is 0.407 e. The topological polar surface area (TPSA) is 179 Å². The molecular weight excluding hydrogens is 628 g/mol. The lowest BCUT2D eigenvalue weighted by molar-refractivity contribution is 0.0524. The Morgan fingerprint density at radius 2 is 1.62 bits per heavy atom. The summed E-state index contributed by atoms with van der Waals surface area (Å²) in [7, 11) is -2.48. The summed E-state index contributed by atoms with van der Waals surface area (Å²) in [6.45, 7) is 5.38. The molecule has 0 aliphatic carbocycles. The number of nitrogens with one attached hydrogen (secondary N) is 3. The van der Waals surface area contributed by atoms with E-state index < -0.39 is 39.3 Å². The number of carbonyl (C=O) groups is 4. The lowest BCUT2D eigenvalue weighted by Crippen LogP contribution is -2.33. The van der Waals surface area contributed by atoms with Crippen molar-refractivity contribution in [1.82, 2.24) is 10.3 Å². The van der Waals surface area contributed by atoms with Crippen molar-refractivity contribution in [3.05, 3.63) is 76.4 Å². The monoisotopic (exact) mass is 660 g/mol. The van der Waals surface area contributed by atoms with E-state index >= 15 is 0 Å². The zero-order chi connectivity index (χ0) is 33.4. The first-order valence-electron chi connectivity index (χ1n) is 13.5. The summed E-state index contributed by atoms with van der Waals surface area (Å²) in [4.78, 5) is 54.7. The molecular formula is C30H33ClN4O9S. The van der Waals surface area contributed by atoms with Crippen molar-refractivity contribution in [3.8, 4) is 5.75 Å². The van der Waals surface area contributed by atoms with Crippen LogP contribution < -0.4 is 20.7 Å². The highest BCUT2D eigenvalue weighted by Gasteiger charge is 2.22. The highest BCUT2D eigenvalue weighted by molar-refractivity contribution is 7.90. The van der Waals surface area contributed by atoms with Crippen LogP contribution in [0.15, 0.2) is 59.6 Å². The van der Waals surface area contributed by atoms with Crippen molar-refractivity contribution in [2.45, 2.75) is 37.7 Å². The number of alkyl carbamates (subject to hydrolysis) is 1. The summed E-state index contributed by atoms with van der Waals surface area (Å²) in [5.41, 5.74) is -0.740. The van der Waals surface area contributed by atoms with Gasteiger partial charge in [0.1, 0.15) is 17.2 Å². The highest BCUT2D eigenvalue weighted by Crippen LogP contribution is 2.27. The Morgan fingerprint density at radius 3 is 2.24 bits per heavy atom. The minimum absolute atomic E-state index is 0.00284. The molecule has 0 bridgehead atoms. The molecule has 45 heavy (non-hydrogen) atoms. The molecule has 0 saturated heterocycles. The fraction of sp³-hybridized carbons (Fsp3) is 0.300. The quantitative estimate of drug-likeness (QED) is 0.192. The van der Waals surface area contributed by atoms with Gasteiger partial charge in [0.2, 0.25) is 0 Å². The molecule has 0 atom stereocenters. The number of aromatic nitrogens is 1. The van der Waals surface area contributed by atoms with Gasteiger partial charge in [-0.3, -0.25) is 9.59 Å². The van der Waals surface area contributed by atoms with Crippen molar-refractivity contribution in [2.24, 2.45) is 0 Å². The van der Waals surface area contributed by atoms with Gasteiger partial charge < -0.3 is 30.2 Å². The Labute approximate surface area is 265 Å². The van der Waals surface area contributed by atoms with Gasteiger partial charge in [-0.2, -0.15) is 0 Å². The van der Waals surface area contributed by atoms with E-state index in [-0.39, 0.29) is 52.0 Å². The molecule has 13 nitrogen and oxygen atoms in total. The van der Waals surface area contributed by atoms with E-state index in [0.717, 1.165) is 6.26 Å². The van der Waals surface area contributed by atoms with Gasteiger partial charge in [0.05, 0.1) is 46.0 Å². The van der Waals surface area contributed by atoms with Crippen LogP contribution in [0.3, 0.4) is 0 Å². The van der Waals surface area contributed by atoms with Gasteiger partial charge in [-0.15, -0.1) is 0 Å². The number of halogens is 1. The molecule has 3 N–H and O–H groups in total. The second kappa shape index (κ2) is 14.9. The normalized spacial score (nSPS) is 11.2. The third-order valence-electron chi connectivity index (χ3n) is 5.78. The minimum Gasteiger partial charge on any atom is -0.493 e. The lowest BCUT2D eigenvalue weighted by Gasteiger charge is -2.19. The third-order valence-corrected chi connectivity index (χ3v) is 7.11. The maximum absolute atomic E-state index is 13.5. The van der Waals surface area contributed by atoms with Crippen molar-refractivity contribution in [2.75, 3.05) is 37.2 Å². The van der Waals surface area contributed by atoms with E-state index in [1.807, 2.05) is 0 Å². The molecule has 0 unspecified atom stereocenters. The first kappa shape index (κ1) is 34.8. The molecule has 1 heterocycles. The van der Waals surface area contributed by atoms with Crippen molar-refractivity contribution < 1.29 is 41.8 Å². The summed E-state index contributed by atoms with van der Waals surface area (Å²) in [5, 5.41) is 8.15. The van der Waals surface area contributed by atoms with Crippen LogP contribution in [0.5, 0.6) is 5.75 Å². The molecule has 0 saturated carbocycles. The summed E-state index contributed by atoms with van der Waals surface area (Å²) < 4.78 is 40.2. The largest absolute Gasteiger partial charge is 0.493 e. The molecule has 3 rings (SSSR count). The standard InChI is InChI=1S/C30H33ClN4O9S/c1-30(2,3)44-29(39)32-13-6-14-43-24-16-20(45(5,40)41)9-11-22(24)27(37)34-23-15-18(28(38)42-4)7-10-21(23)26(36)35-25-12-8-19(31)17-33-25/h7-12,15-17H,6,13-14H2,1-5H3,(H,32,39)(H,34,37)(H,33,35,36). The van der Waals surface area contributed by atoms with Crippen LogP contribution in [0.25, 0.3) is 0 Å². The zero-order valence-electron chi connectivity index (χ0n) is 25.2. The molecule has 0 spiro atoms. The molecule has 3 aromatic rings. The molecule has 1 aromatic heterocycles. The summed E-state index contributed by atoms with van der Waals surface area (Å²) in [6.07, 6.45) is 2.04. The third kappa shape index (κ3) is 10.5. The van der Waals surface area contributed by atoms with E-state index in [1.165, 1.54) is 61.8 Å². The van der Waals surface area contributed by atoms with Gasteiger partial charge in [0.25, 0.3) is 11.8 Å². The van der Waals surface area contributed by atoms with Crippen molar-refractivity contribution >= 4 is 56.8 Å². The zero-order valence-corrected chi connectivity index (χ0v) is 26.8. The lowest BCUT2D eigenvalue weighted by atomic mass is 10.1. The number of hydrogen-bond donors (Lipinski definition) is 3. The summed E-state index contributed by atoms with van der Waals surface area (Å²) in [5.74, 6) is -2.01. The van der Waals surface area contributed by atoms with Crippen LogP contribution in [-0.4, -0.2) is 69.4 Å². The van der Waals surface area contributed by atoms with Gasteiger partial charge in [-0.05, 0) is 75.7 Å². The van der Waals surface area contributed by atoms with Crippen LogP contribution in [0.2, 0.25) is 5.02 Å². The number of methoxy groups -OCH3 is 1. The number of ether oxygens (including phenoxy) is 3. The highest BCUT2D eigenvalue weighted by atomic mass is 35.5. The number of sulfone groups is 1.